The molecule has 0 N–H and O–H groups in total. The summed E-state index contributed by atoms with van der Waals surface area (Å²) in [4.78, 5) is 28.0. The molecule has 1 saturated carbocycles. The Hall–Kier alpha value is -3.58. The van der Waals surface area contributed by atoms with E-state index in [2.05, 4.69) is 4.90 Å². The van der Waals surface area contributed by atoms with E-state index >= 15 is 0 Å². The molecule has 4 aromatic rings. The molecule has 0 bridgehead atoms. The van der Waals surface area contributed by atoms with E-state index in [9.17, 15) is 9.59 Å². The number of rotatable bonds is 3. The molecule has 7 nitrogen and oxygen atoms in total. The Morgan fingerprint density at radius 2 is 1.79 bits per heavy atom. The van der Waals surface area contributed by atoms with Gasteiger partial charge in [-0.05, 0) is 37.1 Å². The summed E-state index contributed by atoms with van der Waals surface area (Å²) < 4.78 is 22.7. The monoisotopic (exact) mass is 459 g/mol. The fraction of sp³-hybridized carbons (Fsp3) is 0.333. The second kappa shape index (κ2) is 8.33. The molecule has 0 amide bonds. The van der Waals surface area contributed by atoms with E-state index in [1.54, 1.807) is 12.1 Å². The van der Waals surface area contributed by atoms with E-state index < -0.39 is 11.3 Å². The molecule has 0 radical (unpaired) electrons. The van der Waals surface area contributed by atoms with Crippen LogP contribution in [0.5, 0.6) is 11.5 Å². The number of hydrogen-bond acceptors (Lipinski definition) is 7. The van der Waals surface area contributed by atoms with Crippen molar-refractivity contribution in [2.24, 2.45) is 0 Å². The number of methoxy groups -OCH3 is 1. The third-order valence-corrected chi connectivity index (χ3v) is 7.04. The van der Waals surface area contributed by atoms with Crippen molar-refractivity contribution in [2.75, 3.05) is 13.8 Å². The summed E-state index contributed by atoms with van der Waals surface area (Å²) in [7, 11) is 1.53. The number of para-hydroxylation sites is 1. The molecule has 6 rings (SSSR count). The standard InChI is InChI=1S/C27H25NO6/c1-31-23-9-5-6-16-12-20(27(30)34-25(16)23)19-13-24(29)33-26-18(19)10-11-22-21(26)14-28(15-32-22)17-7-3-2-4-8-17/h5-6,9-13,17H,2-4,7-8,14-15H2,1H3. The van der Waals surface area contributed by atoms with Gasteiger partial charge < -0.3 is 18.3 Å². The molecule has 2 aliphatic rings. The minimum Gasteiger partial charge on any atom is -0.493 e. The first-order chi connectivity index (χ1) is 16.6. The van der Waals surface area contributed by atoms with Gasteiger partial charge in [0.15, 0.2) is 11.3 Å². The van der Waals surface area contributed by atoms with Crippen LogP contribution in [0.2, 0.25) is 0 Å². The molecular weight excluding hydrogens is 434 g/mol. The molecule has 0 saturated heterocycles. The van der Waals surface area contributed by atoms with Gasteiger partial charge >= 0.3 is 11.3 Å². The molecule has 0 atom stereocenters. The summed E-state index contributed by atoms with van der Waals surface area (Å²) in [6, 6.07) is 12.7. The smallest absolute Gasteiger partial charge is 0.344 e. The Bertz CT molecular complexity index is 1510. The van der Waals surface area contributed by atoms with Crippen LogP contribution in [0.1, 0.15) is 37.7 Å². The molecule has 0 unspecified atom stereocenters. The fourth-order valence-corrected chi connectivity index (χ4v) is 5.32. The first kappa shape index (κ1) is 21.0. The number of hydrogen-bond donors (Lipinski definition) is 0. The zero-order valence-corrected chi connectivity index (χ0v) is 19.0. The largest absolute Gasteiger partial charge is 0.493 e. The van der Waals surface area contributed by atoms with Crippen molar-refractivity contribution >= 4 is 21.9 Å². The second-order valence-electron chi connectivity index (χ2n) is 9.04. The van der Waals surface area contributed by atoms with Crippen LogP contribution in [0.15, 0.2) is 60.9 Å². The molecular formula is C27H25NO6. The van der Waals surface area contributed by atoms with E-state index in [0.717, 1.165) is 24.2 Å². The molecule has 1 aliphatic carbocycles. The lowest BCUT2D eigenvalue weighted by atomic mass is 9.93. The SMILES string of the molecule is COc1cccc2cc(-c3cc(=O)oc4c5c(ccc34)OCN(C3CCCCC3)C5)c(=O)oc12. The summed E-state index contributed by atoms with van der Waals surface area (Å²) >= 11 is 0. The summed E-state index contributed by atoms with van der Waals surface area (Å²) in [5.41, 5.74) is 1.42. The topological polar surface area (TPSA) is 82.1 Å². The minimum atomic E-state index is -0.540. The molecule has 2 aromatic heterocycles. The molecule has 34 heavy (non-hydrogen) atoms. The molecule has 7 heteroatoms. The molecule has 3 heterocycles. The van der Waals surface area contributed by atoms with Gasteiger partial charge in [-0.1, -0.05) is 31.4 Å². The zero-order chi connectivity index (χ0) is 23.2. The lowest BCUT2D eigenvalue weighted by molar-refractivity contribution is 0.0406. The Morgan fingerprint density at radius 1 is 0.941 bits per heavy atom. The van der Waals surface area contributed by atoms with E-state index in [4.69, 9.17) is 18.3 Å². The summed E-state index contributed by atoms with van der Waals surface area (Å²) in [5, 5.41) is 1.39. The summed E-state index contributed by atoms with van der Waals surface area (Å²) in [5.74, 6) is 1.20. The summed E-state index contributed by atoms with van der Waals surface area (Å²) in [6.07, 6.45) is 6.04. The van der Waals surface area contributed by atoms with Crippen molar-refractivity contribution in [2.45, 2.75) is 44.7 Å². The van der Waals surface area contributed by atoms with Gasteiger partial charge in [0.1, 0.15) is 18.1 Å². The number of ether oxygens (including phenoxy) is 2. The predicted molar refractivity (Wildman–Crippen MR) is 128 cm³/mol. The van der Waals surface area contributed by atoms with Crippen LogP contribution in [0.3, 0.4) is 0 Å². The maximum atomic E-state index is 13.0. The van der Waals surface area contributed by atoms with Gasteiger partial charge in [0, 0.05) is 35.0 Å². The van der Waals surface area contributed by atoms with Gasteiger partial charge in [0.2, 0.25) is 0 Å². The minimum absolute atomic E-state index is 0.305. The first-order valence-electron chi connectivity index (χ1n) is 11.7. The van der Waals surface area contributed by atoms with E-state index in [1.165, 1.54) is 32.4 Å². The highest BCUT2D eigenvalue weighted by Crippen LogP contribution is 2.38. The Labute approximate surface area is 195 Å². The van der Waals surface area contributed by atoms with Gasteiger partial charge in [0.05, 0.1) is 18.2 Å². The Kier molecular flexibility index (Phi) is 5.14. The Morgan fingerprint density at radius 3 is 2.62 bits per heavy atom. The van der Waals surface area contributed by atoms with Gasteiger partial charge in [-0.15, -0.1) is 0 Å². The van der Waals surface area contributed by atoms with Crippen LogP contribution >= 0.6 is 0 Å². The predicted octanol–water partition coefficient (Wildman–Crippen LogP) is 5.06. The van der Waals surface area contributed by atoms with Crippen molar-refractivity contribution in [3.8, 4) is 22.6 Å². The van der Waals surface area contributed by atoms with E-state index in [1.807, 2.05) is 24.3 Å². The number of benzene rings is 2. The van der Waals surface area contributed by atoms with E-state index in [0.29, 0.717) is 58.1 Å². The highest BCUT2D eigenvalue weighted by Gasteiger charge is 2.28. The Balaban J connectivity index is 1.51. The first-order valence-corrected chi connectivity index (χ1v) is 11.7. The average molecular weight is 459 g/mol. The van der Waals surface area contributed by atoms with E-state index in [-0.39, 0.29) is 0 Å². The quantitative estimate of drug-likeness (QED) is 0.396. The highest BCUT2D eigenvalue weighted by atomic mass is 16.5. The van der Waals surface area contributed by atoms with Crippen LogP contribution < -0.4 is 20.7 Å². The molecule has 0 spiro atoms. The van der Waals surface area contributed by atoms with Crippen LogP contribution in [0, 0.1) is 0 Å². The van der Waals surface area contributed by atoms with Crippen LogP contribution in [-0.2, 0) is 6.54 Å². The van der Waals surface area contributed by atoms with Gasteiger partial charge in [-0.3, -0.25) is 4.90 Å². The van der Waals surface area contributed by atoms with Crippen molar-refractivity contribution in [1.82, 2.24) is 4.90 Å². The number of fused-ring (bicyclic) bond motifs is 4. The lowest BCUT2D eigenvalue weighted by Gasteiger charge is -2.37. The van der Waals surface area contributed by atoms with Crippen molar-refractivity contribution in [3.63, 3.8) is 0 Å². The number of nitrogens with zero attached hydrogens (tertiary/aromatic N) is 1. The van der Waals surface area contributed by atoms with Gasteiger partial charge in [-0.2, -0.15) is 0 Å². The van der Waals surface area contributed by atoms with Crippen molar-refractivity contribution in [3.05, 3.63) is 68.9 Å². The molecule has 174 valence electrons. The second-order valence-corrected chi connectivity index (χ2v) is 9.04. The maximum Gasteiger partial charge on any atom is 0.344 e. The fourth-order valence-electron chi connectivity index (χ4n) is 5.32. The van der Waals surface area contributed by atoms with Crippen molar-refractivity contribution in [1.29, 1.82) is 0 Å². The summed E-state index contributed by atoms with van der Waals surface area (Å²) in [6.45, 7) is 1.18. The zero-order valence-electron chi connectivity index (χ0n) is 19.0. The van der Waals surface area contributed by atoms with Crippen LogP contribution in [0.4, 0.5) is 0 Å². The highest BCUT2D eigenvalue weighted by molar-refractivity contribution is 5.97. The average Bonchev–Trinajstić information content (AvgIpc) is 2.87. The van der Waals surface area contributed by atoms with Crippen molar-refractivity contribution < 1.29 is 18.3 Å². The molecule has 1 fully saturated rings. The third-order valence-electron chi connectivity index (χ3n) is 7.04. The maximum absolute atomic E-state index is 13.0. The van der Waals surface area contributed by atoms with Crippen LogP contribution in [0.25, 0.3) is 33.1 Å². The van der Waals surface area contributed by atoms with Gasteiger partial charge in [0.25, 0.3) is 0 Å². The normalized spacial score (nSPS) is 17.0. The third kappa shape index (κ3) is 3.47. The molecule has 2 aromatic carbocycles. The van der Waals surface area contributed by atoms with Gasteiger partial charge in [-0.25, -0.2) is 9.59 Å². The molecule has 1 aliphatic heterocycles. The van der Waals surface area contributed by atoms with Crippen LogP contribution in [-0.4, -0.2) is 24.8 Å². The lowest BCUT2D eigenvalue weighted by Crippen LogP contribution is -2.41.